The topological polar surface area (TPSA) is 63.2 Å². The molecule has 1 saturated heterocycles. The second-order valence-electron chi connectivity index (χ2n) is 6.24. The van der Waals surface area contributed by atoms with E-state index in [-0.39, 0.29) is 42.0 Å². The molecule has 0 aliphatic carbocycles. The molecule has 0 amide bonds. The van der Waals surface area contributed by atoms with Crippen LogP contribution in [0.5, 0.6) is 5.75 Å². The molecule has 0 radical (unpaired) electrons. The molecule has 0 aromatic heterocycles. The lowest BCUT2D eigenvalue weighted by Gasteiger charge is -2.34. The number of likely N-dealkylation sites (tertiary alicyclic amines) is 1. The minimum Gasteiger partial charge on any atom is -0.490 e. The lowest BCUT2D eigenvalue weighted by atomic mass is 10.1. The van der Waals surface area contributed by atoms with Gasteiger partial charge in [-0.3, -0.25) is 9.79 Å². The van der Waals surface area contributed by atoms with Crippen molar-refractivity contribution in [1.82, 2.24) is 10.2 Å². The summed E-state index contributed by atoms with van der Waals surface area (Å²) in [5.74, 6) is 1.32. The van der Waals surface area contributed by atoms with E-state index in [1.807, 2.05) is 44.2 Å². The van der Waals surface area contributed by atoms with Crippen LogP contribution in [-0.4, -0.2) is 56.2 Å². The van der Waals surface area contributed by atoms with Crippen molar-refractivity contribution in [2.45, 2.75) is 32.8 Å². The Morgan fingerprint density at radius 2 is 1.96 bits per heavy atom. The minimum atomic E-state index is -0.238. The molecule has 1 fully saturated rings. The van der Waals surface area contributed by atoms with E-state index in [9.17, 15) is 4.79 Å². The second-order valence-corrected chi connectivity index (χ2v) is 6.24. The number of ether oxygens (including phenoxy) is 2. The molecule has 1 aromatic carbocycles. The quantitative estimate of drug-likeness (QED) is 0.297. The summed E-state index contributed by atoms with van der Waals surface area (Å²) < 4.78 is 10.8. The van der Waals surface area contributed by atoms with Crippen LogP contribution < -0.4 is 10.1 Å². The fourth-order valence-corrected chi connectivity index (χ4v) is 2.80. The van der Waals surface area contributed by atoms with Crippen molar-refractivity contribution >= 4 is 35.9 Å². The number of nitrogens with zero attached hydrogens (tertiary/aromatic N) is 2. The first-order chi connectivity index (χ1) is 12.1. The average molecular weight is 475 g/mol. The molecule has 1 aliphatic heterocycles. The van der Waals surface area contributed by atoms with Gasteiger partial charge in [0.15, 0.2) is 5.96 Å². The number of halogens is 1. The van der Waals surface area contributed by atoms with Gasteiger partial charge < -0.3 is 19.7 Å². The number of methoxy groups -OCH3 is 1. The molecular formula is C19H30IN3O3. The van der Waals surface area contributed by atoms with E-state index in [1.165, 1.54) is 7.11 Å². The Balaban J connectivity index is 0.00000338. The van der Waals surface area contributed by atoms with E-state index in [0.29, 0.717) is 6.54 Å². The Hall–Kier alpha value is -1.51. The third kappa shape index (κ3) is 7.01. The molecule has 146 valence electrons. The summed E-state index contributed by atoms with van der Waals surface area (Å²) in [6.07, 6.45) is 2.13. The van der Waals surface area contributed by atoms with Crippen molar-refractivity contribution in [1.29, 1.82) is 0 Å². The molecule has 1 heterocycles. The van der Waals surface area contributed by atoms with Gasteiger partial charge >= 0.3 is 5.97 Å². The molecule has 1 unspecified atom stereocenters. The second kappa shape index (κ2) is 12.0. The number of aliphatic imine (C=N–C) groups is 1. The number of carbonyl (C=O) groups excluding carboxylic acids is 1. The van der Waals surface area contributed by atoms with Gasteiger partial charge in [-0.25, -0.2) is 0 Å². The van der Waals surface area contributed by atoms with Crippen LogP contribution in [0, 0.1) is 5.92 Å². The number of guanidine groups is 1. The summed E-state index contributed by atoms with van der Waals surface area (Å²) >= 11 is 0. The van der Waals surface area contributed by atoms with Crippen LogP contribution in [-0.2, 0) is 9.53 Å². The van der Waals surface area contributed by atoms with Crippen molar-refractivity contribution in [3.05, 3.63) is 30.3 Å². The zero-order valence-electron chi connectivity index (χ0n) is 15.8. The number of nitrogens with one attached hydrogen (secondary N) is 1. The van der Waals surface area contributed by atoms with E-state index in [1.54, 1.807) is 0 Å². The predicted octanol–water partition coefficient (Wildman–Crippen LogP) is 2.92. The molecule has 1 N–H and O–H groups in total. The first-order valence-electron chi connectivity index (χ1n) is 8.96. The smallest absolute Gasteiger partial charge is 0.310 e. The molecule has 1 aliphatic rings. The van der Waals surface area contributed by atoms with Gasteiger partial charge in [0.05, 0.1) is 19.6 Å². The Kier molecular flexibility index (Phi) is 10.4. The maximum absolute atomic E-state index is 11.5. The first kappa shape index (κ1) is 22.5. The monoisotopic (exact) mass is 475 g/mol. The molecule has 7 heteroatoms. The van der Waals surface area contributed by atoms with Gasteiger partial charge in [0, 0.05) is 32.5 Å². The van der Waals surface area contributed by atoms with Crippen molar-refractivity contribution in [2.75, 3.05) is 33.3 Å². The Labute approximate surface area is 173 Å². The zero-order valence-corrected chi connectivity index (χ0v) is 18.1. The lowest BCUT2D eigenvalue weighted by Crippen LogP contribution is -2.47. The minimum absolute atomic E-state index is 0. The highest BCUT2D eigenvalue weighted by Gasteiger charge is 2.23. The van der Waals surface area contributed by atoms with Crippen molar-refractivity contribution in [3.8, 4) is 5.75 Å². The maximum atomic E-state index is 11.5. The standard InChI is InChI=1S/C19H29N3O3.HI/c1-4-20-19(21-14-15(2)18(23)24-3)22-12-10-17(11-13-22)25-16-8-6-5-7-9-16;/h5-9,15,17H,4,10-14H2,1-3H3,(H,20,21);1H. The number of hydrogen-bond donors (Lipinski definition) is 1. The van der Waals surface area contributed by atoms with E-state index in [4.69, 9.17) is 9.47 Å². The normalized spacial score (nSPS) is 16.4. The SMILES string of the molecule is CCNC(=NCC(C)C(=O)OC)N1CCC(Oc2ccccc2)CC1.I. The first-order valence-corrected chi connectivity index (χ1v) is 8.96. The fraction of sp³-hybridized carbons (Fsp3) is 0.579. The van der Waals surface area contributed by atoms with Crippen LogP contribution in [0.15, 0.2) is 35.3 Å². The summed E-state index contributed by atoms with van der Waals surface area (Å²) in [6, 6.07) is 9.95. The van der Waals surface area contributed by atoms with Crippen LogP contribution in [0.2, 0.25) is 0 Å². The number of carbonyl (C=O) groups is 1. The zero-order chi connectivity index (χ0) is 18.1. The Morgan fingerprint density at radius 1 is 1.31 bits per heavy atom. The van der Waals surface area contributed by atoms with Crippen LogP contribution in [0.4, 0.5) is 0 Å². The highest BCUT2D eigenvalue weighted by molar-refractivity contribution is 14.0. The number of rotatable bonds is 6. The molecule has 0 spiro atoms. The number of hydrogen-bond acceptors (Lipinski definition) is 4. The van der Waals surface area contributed by atoms with Crippen LogP contribution in [0.3, 0.4) is 0 Å². The van der Waals surface area contributed by atoms with Crippen LogP contribution >= 0.6 is 24.0 Å². The van der Waals surface area contributed by atoms with E-state index in [0.717, 1.165) is 44.2 Å². The van der Waals surface area contributed by atoms with Crippen LogP contribution in [0.1, 0.15) is 26.7 Å². The van der Waals surface area contributed by atoms with Gasteiger partial charge in [-0.15, -0.1) is 24.0 Å². The molecule has 1 aromatic rings. The van der Waals surface area contributed by atoms with Gasteiger partial charge in [-0.1, -0.05) is 25.1 Å². The summed E-state index contributed by atoms with van der Waals surface area (Å²) in [7, 11) is 1.41. The summed E-state index contributed by atoms with van der Waals surface area (Å²) in [4.78, 5) is 18.4. The van der Waals surface area contributed by atoms with Gasteiger partial charge in [0.1, 0.15) is 11.9 Å². The number of para-hydroxylation sites is 1. The number of benzene rings is 1. The van der Waals surface area contributed by atoms with E-state index >= 15 is 0 Å². The van der Waals surface area contributed by atoms with Crippen molar-refractivity contribution in [2.24, 2.45) is 10.9 Å². The molecule has 1 atom stereocenters. The molecule has 26 heavy (non-hydrogen) atoms. The molecule has 0 bridgehead atoms. The van der Waals surface area contributed by atoms with Crippen molar-refractivity contribution < 1.29 is 14.3 Å². The maximum Gasteiger partial charge on any atom is 0.310 e. The Morgan fingerprint density at radius 3 is 2.54 bits per heavy atom. The van der Waals surface area contributed by atoms with Crippen LogP contribution in [0.25, 0.3) is 0 Å². The third-order valence-electron chi connectivity index (χ3n) is 4.24. The summed E-state index contributed by atoms with van der Waals surface area (Å²) in [5, 5.41) is 3.31. The predicted molar refractivity (Wildman–Crippen MR) is 114 cm³/mol. The third-order valence-corrected chi connectivity index (χ3v) is 4.24. The summed E-state index contributed by atoms with van der Waals surface area (Å²) in [6.45, 7) is 6.87. The molecule has 6 nitrogen and oxygen atoms in total. The molecule has 2 rings (SSSR count). The van der Waals surface area contributed by atoms with Gasteiger partial charge in [-0.2, -0.15) is 0 Å². The van der Waals surface area contributed by atoms with Gasteiger partial charge in [0.2, 0.25) is 0 Å². The largest absolute Gasteiger partial charge is 0.490 e. The average Bonchev–Trinajstić information content (AvgIpc) is 2.65. The highest BCUT2D eigenvalue weighted by atomic mass is 127. The fourth-order valence-electron chi connectivity index (χ4n) is 2.80. The van der Waals surface area contributed by atoms with Crippen molar-refractivity contribution in [3.63, 3.8) is 0 Å². The summed E-state index contributed by atoms with van der Waals surface area (Å²) in [5.41, 5.74) is 0. The number of esters is 1. The number of piperidine rings is 1. The van der Waals surface area contributed by atoms with E-state index < -0.39 is 0 Å². The molecule has 0 saturated carbocycles. The van der Waals surface area contributed by atoms with Gasteiger partial charge in [-0.05, 0) is 19.1 Å². The molecular weight excluding hydrogens is 445 g/mol. The lowest BCUT2D eigenvalue weighted by molar-refractivity contribution is -0.144. The Bertz CT molecular complexity index is 560. The van der Waals surface area contributed by atoms with E-state index in [2.05, 4.69) is 15.2 Å². The highest BCUT2D eigenvalue weighted by Crippen LogP contribution is 2.18. The van der Waals surface area contributed by atoms with Gasteiger partial charge in [0.25, 0.3) is 0 Å².